The van der Waals surface area contributed by atoms with Gasteiger partial charge in [-0.15, -0.1) is 0 Å². The van der Waals surface area contributed by atoms with E-state index in [1.807, 2.05) is 61.8 Å². The summed E-state index contributed by atoms with van der Waals surface area (Å²) < 4.78 is 0. The molecule has 3 aromatic carbocycles. The Bertz CT molecular complexity index is 1030. The molecule has 0 bridgehead atoms. The maximum absolute atomic E-state index is 6.42. The van der Waals surface area contributed by atoms with Gasteiger partial charge in [-0.2, -0.15) is 0 Å². The predicted octanol–water partition coefficient (Wildman–Crippen LogP) is 5.26. The van der Waals surface area contributed by atoms with Crippen molar-refractivity contribution in [2.45, 2.75) is 30.6 Å². The van der Waals surface area contributed by atoms with Gasteiger partial charge in [0.2, 0.25) is 0 Å². The number of nitrogens with two attached hydrogens (primary N) is 2. The fourth-order valence-corrected chi connectivity index (χ4v) is 3.75. The van der Waals surface area contributed by atoms with Crippen LogP contribution in [0.2, 0.25) is 0 Å². The minimum absolute atomic E-state index is 0.0406. The third kappa shape index (κ3) is 7.04. The molecule has 1 heterocycles. The maximum atomic E-state index is 6.42. The minimum atomic E-state index is -0.147. The zero-order chi connectivity index (χ0) is 23.6. The Balaban J connectivity index is 0.000000257. The first-order valence-electron chi connectivity index (χ1n) is 11.2. The fourth-order valence-electron chi connectivity index (χ4n) is 3.62. The monoisotopic (exact) mass is 460 g/mol. The summed E-state index contributed by atoms with van der Waals surface area (Å²) in [5, 5.41) is 6.05. The van der Waals surface area contributed by atoms with Gasteiger partial charge < -0.3 is 22.1 Å². The van der Waals surface area contributed by atoms with Crippen molar-refractivity contribution in [1.82, 2.24) is 10.6 Å². The lowest BCUT2D eigenvalue weighted by atomic mass is 9.88. The Morgan fingerprint density at radius 1 is 0.818 bits per heavy atom. The van der Waals surface area contributed by atoms with Crippen molar-refractivity contribution in [2.75, 3.05) is 7.05 Å². The second-order valence-electron chi connectivity index (χ2n) is 8.05. The molecule has 0 spiro atoms. The zero-order valence-electron chi connectivity index (χ0n) is 19.2. The summed E-state index contributed by atoms with van der Waals surface area (Å²) in [6.45, 7) is 2.16. The SMILES string of the molecule is CC(c1ccc(-c2ccccc2)cc1)C(N)C1=CNC(Cl)C=C1.CNC(N)c1ccccc1. The van der Waals surface area contributed by atoms with Gasteiger partial charge in [-0.05, 0) is 41.0 Å². The summed E-state index contributed by atoms with van der Waals surface area (Å²) in [5.41, 5.74) is 17.8. The Kier molecular flexibility index (Phi) is 9.28. The number of benzene rings is 3. The zero-order valence-corrected chi connectivity index (χ0v) is 19.9. The standard InChI is InChI=1S/C20H21ClN2.C8H12N2/c1-14(20(22)18-11-12-19(21)23-13-18)15-7-9-17(10-8-15)16-5-3-2-4-6-16;1-10-8(9)7-5-3-2-4-6-7/h2-14,19-20,23H,22H2,1H3;2-6,8,10H,9H2,1H3. The number of hydrogen-bond donors (Lipinski definition) is 4. The number of rotatable bonds is 6. The van der Waals surface area contributed by atoms with Gasteiger partial charge in [-0.3, -0.25) is 0 Å². The lowest BCUT2D eigenvalue weighted by Crippen LogP contribution is -2.32. The molecule has 4 nitrogen and oxygen atoms in total. The topological polar surface area (TPSA) is 76.1 Å². The van der Waals surface area contributed by atoms with Crippen molar-refractivity contribution in [3.63, 3.8) is 0 Å². The van der Waals surface area contributed by atoms with Crippen molar-refractivity contribution >= 4 is 11.6 Å². The van der Waals surface area contributed by atoms with Crippen LogP contribution in [0.25, 0.3) is 11.1 Å². The van der Waals surface area contributed by atoms with E-state index in [4.69, 9.17) is 23.1 Å². The molecule has 172 valence electrons. The second-order valence-corrected chi connectivity index (χ2v) is 8.52. The quantitative estimate of drug-likeness (QED) is 0.230. The first kappa shape index (κ1) is 24.7. The maximum Gasteiger partial charge on any atom is 0.120 e. The molecule has 1 aliphatic heterocycles. The molecule has 4 atom stereocenters. The van der Waals surface area contributed by atoms with Crippen LogP contribution in [-0.2, 0) is 0 Å². The number of alkyl halides is 1. The molecule has 4 unspecified atom stereocenters. The third-order valence-corrected chi connectivity index (χ3v) is 6.08. The summed E-state index contributed by atoms with van der Waals surface area (Å²) in [6, 6.07) is 28.9. The highest BCUT2D eigenvalue weighted by molar-refractivity contribution is 6.21. The molecule has 6 N–H and O–H groups in total. The number of dihydropyridines is 1. The Labute approximate surface area is 202 Å². The molecule has 1 aliphatic rings. The third-order valence-electron chi connectivity index (χ3n) is 5.80. The fraction of sp³-hybridized carbons (Fsp3) is 0.214. The van der Waals surface area contributed by atoms with Gasteiger partial charge >= 0.3 is 0 Å². The molecule has 0 aliphatic carbocycles. The summed E-state index contributed by atoms with van der Waals surface area (Å²) in [4.78, 5) is 0. The van der Waals surface area contributed by atoms with E-state index in [-0.39, 0.29) is 23.6 Å². The van der Waals surface area contributed by atoms with E-state index in [1.165, 1.54) is 16.7 Å². The summed E-state index contributed by atoms with van der Waals surface area (Å²) in [7, 11) is 1.84. The molecule has 0 radical (unpaired) electrons. The summed E-state index contributed by atoms with van der Waals surface area (Å²) in [6.07, 6.45) is 5.80. The molecule has 0 aromatic heterocycles. The average molecular weight is 461 g/mol. The van der Waals surface area contributed by atoms with E-state index >= 15 is 0 Å². The van der Waals surface area contributed by atoms with Crippen molar-refractivity contribution in [3.05, 3.63) is 120 Å². The van der Waals surface area contributed by atoms with Crippen molar-refractivity contribution in [1.29, 1.82) is 0 Å². The number of hydrogen-bond acceptors (Lipinski definition) is 4. The summed E-state index contributed by atoms with van der Waals surface area (Å²) >= 11 is 5.98. The van der Waals surface area contributed by atoms with Crippen molar-refractivity contribution in [3.8, 4) is 11.1 Å². The van der Waals surface area contributed by atoms with Gasteiger partial charge in [0.15, 0.2) is 0 Å². The van der Waals surface area contributed by atoms with E-state index in [9.17, 15) is 0 Å². The largest absolute Gasteiger partial charge is 0.372 e. The van der Waals surface area contributed by atoms with Crippen molar-refractivity contribution in [2.24, 2.45) is 11.5 Å². The van der Waals surface area contributed by atoms with Gasteiger partial charge in [0.25, 0.3) is 0 Å². The minimum Gasteiger partial charge on any atom is -0.372 e. The smallest absolute Gasteiger partial charge is 0.120 e. The molecule has 5 heteroatoms. The van der Waals surface area contributed by atoms with Crippen molar-refractivity contribution < 1.29 is 0 Å². The van der Waals surface area contributed by atoms with Crippen LogP contribution in [0.15, 0.2) is 109 Å². The highest BCUT2D eigenvalue weighted by Gasteiger charge is 2.19. The van der Waals surface area contributed by atoms with Crippen LogP contribution in [0.1, 0.15) is 30.1 Å². The Morgan fingerprint density at radius 2 is 1.39 bits per heavy atom. The van der Waals surface area contributed by atoms with Crippen LogP contribution in [0, 0.1) is 0 Å². The van der Waals surface area contributed by atoms with E-state index < -0.39 is 0 Å². The van der Waals surface area contributed by atoms with Gasteiger partial charge in [-0.1, -0.05) is 110 Å². The van der Waals surface area contributed by atoms with Gasteiger partial charge in [0.05, 0.1) is 6.17 Å². The van der Waals surface area contributed by atoms with Crippen LogP contribution >= 0.6 is 11.6 Å². The normalized spacial score (nSPS) is 17.6. The first-order valence-corrected chi connectivity index (χ1v) is 11.6. The number of nitrogens with one attached hydrogen (secondary N) is 2. The van der Waals surface area contributed by atoms with Gasteiger partial charge in [0, 0.05) is 18.2 Å². The molecule has 0 saturated heterocycles. The molecule has 0 amide bonds. The Morgan fingerprint density at radius 3 is 1.94 bits per heavy atom. The lowest BCUT2D eigenvalue weighted by Gasteiger charge is -2.24. The molecule has 4 rings (SSSR count). The highest BCUT2D eigenvalue weighted by Crippen LogP contribution is 2.27. The predicted molar refractivity (Wildman–Crippen MR) is 141 cm³/mol. The van der Waals surface area contributed by atoms with E-state index in [0.717, 1.165) is 11.1 Å². The molecular weight excluding hydrogens is 428 g/mol. The molecule has 33 heavy (non-hydrogen) atoms. The van der Waals surface area contributed by atoms with Gasteiger partial charge in [0.1, 0.15) is 5.50 Å². The summed E-state index contributed by atoms with van der Waals surface area (Å²) in [5.74, 6) is 0.226. The van der Waals surface area contributed by atoms with Crippen LogP contribution in [0.5, 0.6) is 0 Å². The molecule has 3 aromatic rings. The lowest BCUT2D eigenvalue weighted by molar-refractivity contribution is 0.622. The van der Waals surface area contributed by atoms with Crippen LogP contribution in [-0.4, -0.2) is 18.6 Å². The van der Waals surface area contributed by atoms with Crippen LogP contribution < -0.4 is 22.1 Å². The highest BCUT2D eigenvalue weighted by atomic mass is 35.5. The van der Waals surface area contributed by atoms with E-state index in [1.54, 1.807) is 0 Å². The van der Waals surface area contributed by atoms with E-state index in [0.29, 0.717) is 0 Å². The molecular formula is C28H33ClN4. The second kappa shape index (κ2) is 12.4. The Hall–Kier alpha value is -2.89. The molecule has 0 fully saturated rings. The average Bonchev–Trinajstić information content (AvgIpc) is 2.89. The first-order chi connectivity index (χ1) is 16.0. The molecule has 0 saturated carbocycles. The number of halogens is 1. The van der Waals surface area contributed by atoms with Crippen LogP contribution in [0.3, 0.4) is 0 Å². The van der Waals surface area contributed by atoms with E-state index in [2.05, 4.69) is 66.1 Å². The van der Waals surface area contributed by atoms with Gasteiger partial charge in [-0.25, -0.2) is 0 Å². The van der Waals surface area contributed by atoms with Crippen LogP contribution in [0.4, 0.5) is 0 Å².